The monoisotopic (exact) mass is 273 g/mol. The Balaban J connectivity index is 2.22. The summed E-state index contributed by atoms with van der Waals surface area (Å²) >= 11 is 0. The molecule has 0 atom stereocenters. The molecule has 102 valence electrons. The highest BCUT2D eigenvalue weighted by Crippen LogP contribution is 2.18. The lowest BCUT2D eigenvalue weighted by atomic mass is 10.1. The number of anilines is 1. The van der Waals surface area contributed by atoms with Crippen molar-refractivity contribution in [3.8, 4) is 0 Å². The van der Waals surface area contributed by atoms with E-state index in [0.717, 1.165) is 6.07 Å². The van der Waals surface area contributed by atoms with E-state index in [9.17, 15) is 14.0 Å². The highest BCUT2D eigenvalue weighted by Gasteiger charge is 2.10. The zero-order valence-corrected chi connectivity index (χ0v) is 10.7. The largest absolute Gasteiger partial charge is 0.478 e. The summed E-state index contributed by atoms with van der Waals surface area (Å²) in [6, 6.07) is 9.71. The first-order chi connectivity index (χ1) is 9.47. The molecule has 0 bridgehead atoms. The molecule has 0 aliphatic heterocycles. The van der Waals surface area contributed by atoms with Gasteiger partial charge in [-0.2, -0.15) is 0 Å². The molecule has 0 radical (unpaired) electrons. The van der Waals surface area contributed by atoms with Crippen molar-refractivity contribution in [1.82, 2.24) is 0 Å². The molecule has 0 saturated carbocycles. The third-order valence-corrected chi connectivity index (χ3v) is 2.81. The molecule has 0 aromatic heterocycles. The van der Waals surface area contributed by atoms with Gasteiger partial charge in [0.25, 0.3) is 5.91 Å². The molecule has 0 heterocycles. The molecule has 0 aliphatic rings. The van der Waals surface area contributed by atoms with Gasteiger partial charge in [0.1, 0.15) is 5.82 Å². The SMILES string of the molecule is Cc1cc(C(=O)O)ccc1NC(=O)c1cccc(F)c1. The van der Waals surface area contributed by atoms with Gasteiger partial charge in [-0.1, -0.05) is 6.07 Å². The van der Waals surface area contributed by atoms with Gasteiger partial charge in [0.15, 0.2) is 0 Å². The van der Waals surface area contributed by atoms with E-state index >= 15 is 0 Å². The Morgan fingerprint density at radius 2 is 1.85 bits per heavy atom. The van der Waals surface area contributed by atoms with Crippen LogP contribution in [0.2, 0.25) is 0 Å². The van der Waals surface area contributed by atoms with Crippen LogP contribution in [0.4, 0.5) is 10.1 Å². The van der Waals surface area contributed by atoms with E-state index in [-0.39, 0.29) is 11.1 Å². The molecule has 0 fully saturated rings. The minimum atomic E-state index is -1.03. The van der Waals surface area contributed by atoms with Gasteiger partial charge in [-0.15, -0.1) is 0 Å². The van der Waals surface area contributed by atoms with Gasteiger partial charge in [-0.25, -0.2) is 9.18 Å². The first-order valence-electron chi connectivity index (χ1n) is 5.88. The summed E-state index contributed by atoms with van der Waals surface area (Å²) in [5.41, 5.74) is 1.46. The summed E-state index contributed by atoms with van der Waals surface area (Å²) < 4.78 is 13.0. The molecule has 0 unspecified atom stereocenters. The average Bonchev–Trinajstić information content (AvgIpc) is 2.40. The third-order valence-electron chi connectivity index (χ3n) is 2.81. The van der Waals surface area contributed by atoms with Crippen LogP contribution in [-0.2, 0) is 0 Å². The van der Waals surface area contributed by atoms with Crippen LogP contribution >= 0.6 is 0 Å². The van der Waals surface area contributed by atoms with Crippen molar-refractivity contribution < 1.29 is 19.1 Å². The molecule has 2 N–H and O–H groups in total. The first-order valence-corrected chi connectivity index (χ1v) is 5.88. The van der Waals surface area contributed by atoms with Crippen LogP contribution in [0.5, 0.6) is 0 Å². The van der Waals surface area contributed by atoms with Crippen LogP contribution in [-0.4, -0.2) is 17.0 Å². The van der Waals surface area contributed by atoms with Crippen LogP contribution in [0, 0.1) is 12.7 Å². The number of halogens is 1. The van der Waals surface area contributed by atoms with Gasteiger partial charge in [0.05, 0.1) is 5.56 Å². The van der Waals surface area contributed by atoms with Gasteiger partial charge >= 0.3 is 5.97 Å². The number of aryl methyl sites for hydroxylation is 1. The summed E-state index contributed by atoms with van der Waals surface area (Å²) in [6.45, 7) is 1.69. The predicted molar refractivity (Wildman–Crippen MR) is 72.5 cm³/mol. The number of carbonyl (C=O) groups is 2. The van der Waals surface area contributed by atoms with E-state index in [0.29, 0.717) is 11.3 Å². The van der Waals surface area contributed by atoms with E-state index in [4.69, 9.17) is 5.11 Å². The second-order valence-corrected chi connectivity index (χ2v) is 4.30. The number of carboxylic acids is 1. The summed E-state index contributed by atoms with van der Waals surface area (Å²) in [4.78, 5) is 22.8. The number of nitrogens with one attached hydrogen (secondary N) is 1. The van der Waals surface area contributed by atoms with Crippen LogP contribution in [0.1, 0.15) is 26.3 Å². The highest BCUT2D eigenvalue weighted by molar-refractivity contribution is 6.04. The molecular formula is C15H12FNO3. The van der Waals surface area contributed by atoms with Gasteiger partial charge in [-0.3, -0.25) is 4.79 Å². The van der Waals surface area contributed by atoms with Crippen LogP contribution < -0.4 is 5.32 Å². The topological polar surface area (TPSA) is 66.4 Å². The maximum absolute atomic E-state index is 13.0. The second kappa shape index (κ2) is 5.52. The van der Waals surface area contributed by atoms with Crippen molar-refractivity contribution in [2.75, 3.05) is 5.32 Å². The number of carboxylic acid groups (broad SMARTS) is 1. The lowest BCUT2D eigenvalue weighted by molar-refractivity contribution is 0.0696. The number of rotatable bonds is 3. The summed E-state index contributed by atoms with van der Waals surface area (Å²) in [5.74, 6) is -1.97. The van der Waals surface area contributed by atoms with Crippen molar-refractivity contribution in [3.63, 3.8) is 0 Å². The zero-order valence-electron chi connectivity index (χ0n) is 10.7. The molecule has 20 heavy (non-hydrogen) atoms. The summed E-state index contributed by atoms with van der Waals surface area (Å²) in [5, 5.41) is 11.5. The molecule has 0 spiro atoms. The smallest absolute Gasteiger partial charge is 0.335 e. The van der Waals surface area contributed by atoms with Gasteiger partial charge in [-0.05, 0) is 48.9 Å². The molecule has 5 heteroatoms. The molecule has 0 aliphatic carbocycles. The number of hydrogen-bond acceptors (Lipinski definition) is 2. The minimum absolute atomic E-state index is 0.145. The molecule has 2 rings (SSSR count). The Morgan fingerprint density at radius 3 is 2.45 bits per heavy atom. The van der Waals surface area contributed by atoms with Gasteiger partial charge in [0.2, 0.25) is 0 Å². The van der Waals surface area contributed by atoms with Crippen molar-refractivity contribution >= 4 is 17.6 Å². The molecular weight excluding hydrogens is 261 g/mol. The fourth-order valence-electron chi connectivity index (χ4n) is 1.76. The molecule has 2 aromatic rings. The fourth-order valence-corrected chi connectivity index (χ4v) is 1.76. The maximum Gasteiger partial charge on any atom is 0.335 e. The average molecular weight is 273 g/mol. The Bertz CT molecular complexity index is 683. The fraction of sp³-hybridized carbons (Fsp3) is 0.0667. The van der Waals surface area contributed by atoms with E-state index in [2.05, 4.69) is 5.32 Å². The quantitative estimate of drug-likeness (QED) is 0.903. The van der Waals surface area contributed by atoms with Crippen LogP contribution in [0.15, 0.2) is 42.5 Å². The molecule has 1 amide bonds. The van der Waals surface area contributed by atoms with E-state index in [1.165, 1.54) is 36.4 Å². The van der Waals surface area contributed by atoms with Crippen LogP contribution in [0.25, 0.3) is 0 Å². The Kier molecular flexibility index (Phi) is 3.79. The maximum atomic E-state index is 13.0. The normalized spacial score (nSPS) is 10.1. The predicted octanol–water partition coefficient (Wildman–Crippen LogP) is 3.08. The van der Waals surface area contributed by atoms with Gasteiger partial charge in [0, 0.05) is 11.3 Å². The Morgan fingerprint density at radius 1 is 1.10 bits per heavy atom. The lowest BCUT2D eigenvalue weighted by Gasteiger charge is -2.09. The number of amides is 1. The Labute approximate surface area is 114 Å². The summed E-state index contributed by atoms with van der Waals surface area (Å²) in [6.07, 6.45) is 0. The van der Waals surface area contributed by atoms with Crippen molar-refractivity contribution in [2.24, 2.45) is 0 Å². The first kappa shape index (κ1) is 13.7. The van der Waals surface area contributed by atoms with Crippen molar-refractivity contribution in [1.29, 1.82) is 0 Å². The Hall–Kier alpha value is -2.69. The number of carbonyl (C=O) groups excluding carboxylic acids is 1. The minimum Gasteiger partial charge on any atom is -0.478 e. The number of benzene rings is 2. The summed E-state index contributed by atoms with van der Waals surface area (Å²) in [7, 11) is 0. The van der Waals surface area contributed by atoms with E-state index in [1.807, 2.05) is 0 Å². The number of hydrogen-bond donors (Lipinski definition) is 2. The zero-order chi connectivity index (χ0) is 14.7. The van der Waals surface area contributed by atoms with E-state index in [1.54, 1.807) is 6.92 Å². The highest BCUT2D eigenvalue weighted by atomic mass is 19.1. The lowest BCUT2D eigenvalue weighted by Crippen LogP contribution is -2.13. The second-order valence-electron chi connectivity index (χ2n) is 4.30. The number of aromatic carboxylic acids is 1. The van der Waals surface area contributed by atoms with Crippen LogP contribution in [0.3, 0.4) is 0 Å². The standard InChI is InChI=1S/C15H12FNO3/c1-9-7-11(15(19)20)5-6-13(9)17-14(18)10-3-2-4-12(16)8-10/h2-8H,1H3,(H,17,18)(H,19,20). The van der Waals surface area contributed by atoms with Crippen molar-refractivity contribution in [3.05, 3.63) is 65.0 Å². The molecule has 2 aromatic carbocycles. The van der Waals surface area contributed by atoms with Gasteiger partial charge < -0.3 is 10.4 Å². The van der Waals surface area contributed by atoms with E-state index < -0.39 is 17.7 Å². The van der Waals surface area contributed by atoms with Crippen molar-refractivity contribution in [2.45, 2.75) is 6.92 Å². The third kappa shape index (κ3) is 3.00. The molecule has 4 nitrogen and oxygen atoms in total. The molecule has 0 saturated heterocycles.